The number of unbranched alkanes of at least 4 members (excludes halogenated alkanes) is 2. The van der Waals surface area contributed by atoms with Crippen molar-refractivity contribution in [1.82, 2.24) is 4.98 Å². The van der Waals surface area contributed by atoms with E-state index in [1.165, 1.54) is 53.1 Å². The normalized spacial score (nSPS) is 13.1. The maximum Gasteiger partial charge on any atom is 0.0508 e. The summed E-state index contributed by atoms with van der Waals surface area (Å²) in [6, 6.07) is 15.2. The van der Waals surface area contributed by atoms with Gasteiger partial charge in [0.15, 0.2) is 0 Å². The number of benzene rings is 2. The summed E-state index contributed by atoms with van der Waals surface area (Å²) in [6.07, 6.45) is 5.06. The molecule has 20 heavy (non-hydrogen) atoms. The van der Waals surface area contributed by atoms with Crippen LogP contribution in [0.2, 0.25) is 0 Å². The number of alkyl halides is 1. The highest BCUT2D eigenvalue weighted by Crippen LogP contribution is 2.36. The van der Waals surface area contributed by atoms with Crippen LogP contribution in [0.15, 0.2) is 42.5 Å². The van der Waals surface area contributed by atoms with E-state index in [9.17, 15) is 0 Å². The van der Waals surface area contributed by atoms with Crippen LogP contribution in [0.4, 0.5) is 0 Å². The second-order valence-corrected chi connectivity index (χ2v) is 6.51. The molecule has 2 heteroatoms. The maximum absolute atomic E-state index is 3.87. The predicted molar refractivity (Wildman–Crippen MR) is 91.6 cm³/mol. The molecule has 2 aromatic carbocycles. The summed E-state index contributed by atoms with van der Waals surface area (Å²) in [5.74, 6) is 0. The third-order valence-corrected chi connectivity index (χ3v) is 4.92. The molecule has 1 unspecified atom stereocenters. The molecule has 1 atom stereocenters. The number of fused-ring (bicyclic) bond motifs is 3. The van der Waals surface area contributed by atoms with Crippen LogP contribution < -0.4 is 0 Å². The lowest BCUT2D eigenvalue weighted by molar-refractivity contribution is 0.665. The standard InChI is InChI=1S/C18H20BrN/c1-2-3-4-11-16(19)15-10-7-9-14-13-8-5-6-12-17(13)20-18(14)15/h5-10,12,16,20H,2-4,11H2,1H3. The molecule has 0 aliphatic carbocycles. The lowest BCUT2D eigenvalue weighted by atomic mass is 10.0. The van der Waals surface area contributed by atoms with Crippen molar-refractivity contribution in [1.29, 1.82) is 0 Å². The highest BCUT2D eigenvalue weighted by molar-refractivity contribution is 9.09. The van der Waals surface area contributed by atoms with Crippen molar-refractivity contribution in [3.8, 4) is 0 Å². The molecular formula is C18H20BrN. The fourth-order valence-corrected chi connectivity index (χ4v) is 3.59. The minimum Gasteiger partial charge on any atom is -0.354 e. The first kappa shape index (κ1) is 13.7. The van der Waals surface area contributed by atoms with Gasteiger partial charge >= 0.3 is 0 Å². The van der Waals surface area contributed by atoms with Crippen molar-refractivity contribution in [3.05, 3.63) is 48.0 Å². The van der Waals surface area contributed by atoms with E-state index in [-0.39, 0.29) is 0 Å². The minimum atomic E-state index is 0.436. The highest BCUT2D eigenvalue weighted by Gasteiger charge is 2.13. The summed E-state index contributed by atoms with van der Waals surface area (Å²) in [5, 5.41) is 2.65. The van der Waals surface area contributed by atoms with Gasteiger partial charge in [-0.25, -0.2) is 0 Å². The van der Waals surface area contributed by atoms with Gasteiger partial charge in [0.1, 0.15) is 0 Å². The Morgan fingerprint density at radius 1 is 1.00 bits per heavy atom. The van der Waals surface area contributed by atoms with Gasteiger partial charge in [-0.2, -0.15) is 0 Å². The van der Waals surface area contributed by atoms with Crippen molar-refractivity contribution in [2.45, 2.75) is 37.4 Å². The maximum atomic E-state index is 3.87. The second-order valence-electron chi connectivity index (χ2n) is 5.40. The number of hydrogen-bond donors (Lipinski definition) is 1. The number of aromatic amines is 1. The van der Waals surface area contributed by atoms with Crippen LogP contribution in [-0.4, -0.2) is 4.98 Å². The van der Waals surface area contributed by atoms with Crippen LogP contribution in [0.25, 0.3) is 21.8 Å². The Kier molecular flexibility index (Phi) is 4.11. The Bertz CT molecular complexity index is 714. The summed E-state index contributed by atoms with van der Waals surface area (Å²) >= 11 is 3.87. The molecule has 104 valence electrons. The largest absolute Gasteiger partial charge is 0.354 e. The SMILES string of the molecule is CCCCCC(Br)c1cccc2c1[nH]c1ccccc12. The van der Waals surface area contributed by atoms with E-state index in [1.807, 2.05) is 0 Å². The van der Waals surface area contributed by atoms with Gasteiger partial charge in [0, 0.05) is 21.1 Å². The third kappa shape index (κ3) is 2.49. The van der Waals surface area contributed by atoms with Gasteiger partial charge in [0.05, 0.1) is 5.52 Å². The van der Waals surface area contributed by atoms with E-state index >= 15 is 0 Å². The number of aromatic nitrogens is 1. The topological polar surface area (TPSA) is 15.8 Å². The second kappa shape index (κ2) is 6.01. The van der Waals surface area contributed by atoms with E-state index in [1.54, 1.807) is 0 Å². The lowest BCUT2D eigenvalue weighted by Crippen LogP contribution is -1.91. The molecule has 0 spiro atoms. The Balaban J connectivity index is 2.02. The number of nitrogens with one attached hydrogen (secondary N) is 1. The van der Waals surface area contributed by atoms with Gasteiger partial charge in [0.2, 0.25) is 0 Å². The van der Waals surface area contributed by atoms with Crippen LogP contribution in [0.3, 0.4) is 0 Å². The molecule has 0 amide bonds. The molecular weight excluding hydrogens is 310 g/mol. The molecule has 0 aliphatic heterocycles. The molecule has 1 nitrogen and oxygen atoms in total. The zero-order chi connectivity index (χ0) is 13.9. The van der Waals surface area contributed by atoms with Crippen molar-refractivity contribution in [2.24, 2.45) is 0 Å². The highest BCUT2D eigenvalue weighted by atomic mass is 79.9. The molecule has 3 rings (SSSR count). The average molecular weight is 330 g/mol. The average Bonchev–Trinajstić information content (AvgIpc) is 2.86. The van der Waals surface area contributed by atoms with Gasteiger partial charge in [0.25, 0.3) is 0 Å². The molecule has 1 N–H and O–H groups in total. The van der Waals surface area contributed by atoms with Crippen LogP contribution >= 0.6 is 15.9 Å². The number of halogens is 1. The van der Waals surface area contributed by atoms with Crippen molar-refractivity contribution in [2.75, 3.05) is 0 Å². The van der Waals surface area contributed by atoms with Crippen molar-refractivity contribution >= 4 is 37.7 Å². The van der Waals surface area contributed by atoms with Gasteiger partial charge in [-0.05, 0) is 18.1 Å². The van der Waals surface area contributed by atoms with E-state index in [0.717, 1.165) is 0 Å². The van der Waals surface area contributed by atoms with Crippen molar-refractivity contribution in [3.63, 3.8) is 0 Å². The van der Waals surface area contributed by atoms with Gasteiger partial charge in [-0.3, -0.25) is 0 Å². The zero-order valence-corrected chi connectivity index (χ0v) is 13.4. The quantitative estimate of drug-likeness (QED) is 0.415. The number of rotatable bonds is 5. The molecule has 0 radical (unpaired) electrons. The summed E-state index contributed by atoms with van der Waals surface area (Å²) in [4.78, 5) is 4.02. The van der Waals surface area contributed by atoms with Crippen LogP contribution in [0.5, 0.6) is 0 Å². The molecule has 3 aromatic rings. The molecule has 1 aromatic heterocycles. The zero-order valence-electron chi connectivity index (χ0n) is 11.8. The summed E-state index contributed by atoms with van der Waals surface area (Å²) in [7, 11) is 0. The van der Waals surface area contributed by atoms with Crippen LogP contribution in [0.1, 0.15) is 43.0 Å². The number of H-pyrrole nitrogens is 1. The van der Waals surface area contributed by atoms with Gasteiger partial charge in [-0.15, -0.1) is 0 Å². The lowest BCUT2D eigenvalue weighted by Gasteiger charge is -2.11. The molecule has 1 heterocycles. The first-order valence-corrected chi connectivity index (χ1v) is 8.36. The Hall–Kier alpha value is -1.28. The minimum absolute atomic E-state index is 0.436. The monoisotopic (exact) mass is 329 g/mol. The fourth-order valence-electron chi connectivity index (χ4n) is 2.89. The van der Waals surface area contributed by atoms with Crippen molar-refractivity contribution < 1.29 is 0 Å². The molecule has 0 aliphatic rings. The number of hydrogen-bond acceptors (Lipinski definition) is 0. The fraction of sp³-hybridized carbons (Fsp3) is 0.333. The Morgan fingerprint density at radius 2 is 1.80 bits per heavy atom. The molecule has 0 saturated carbocycles. The first-order valence-electron chi connectivity index (χ1n) is 7.44. The van der Waals surface area contributed by atoms with Gasteiger partial charge < -0.3 is 4.98 Å². The van der Waals surface area contributed by atoms with Gasteiger partial charge in [-0.1, -0.05) is 78.5 Å². The molecule has 0 saturated heterocycles. The third-order valence-electron chi connectivity index (χ3n) is 3.97. The van der Waals surface area contributed by atoms with Crippen LogP contribution in [0, 0.1) is 0 Å². The van der Waals surface area contributed by atoms with E-state index in [4.69, 9.17) is 0 Å². The van der Waals surface area contributed by atoms with E-state index in [0.29, 0.717) is 4.83 Å². The predicted octanol–water partition coefficient (Wildman–Crippen LogP) is 6.34. The first-order chi connectivity index (χ1) is 9.81. The number of para-hydroxylation sites is 2. The summed E-state index contributed by atoms with van der Waals surface area (Å²) in [5.41, 5.74) is 3.89. The van der Waals surface area contributed by atoms with E-state index < -0.39 is 0 Å². The molecule has 0 bridgehead atoms. The van der Waals surface area contributed by atoms with Crippen LogP contribution in [-0.2, 0) is 0 Å². The Morgan fingerprint density at radius 3 is 2.65 bits per heavy atom. The molecule has 0 fully saturated rings. The summed E-state index contributed by atoms with van der Waals surface area (Å²) in [6.45, 7) is 2.25. The smallest absolute Gasteiger partial charge is 0.0508 e. The Labute approximate surface area is 128 Å². The van der Waals surface area contributed by atoms with E-state index in [2.05, 4.69) is 70.3 Å². The summed E-state index contributed by atoms with van der Waals surface area (Å²) < 4.78 is 0.